The standard InChI is InChI=1S/C35H19F6NO/c36-34(37,38)27-18-29-30(19-28(27)35(39,40)41)43-33(42-29)22-16-14-21(15-17-22)32-25-12-6-4-10-23(25)31(20-8-2-1-3-9-20)24-11-5-7-13-26(24)32/h1-19H. The summed E-state index contributed by atoms with van der Waals surface area (Å²) in [5.74, 6) is -0.0804. The summed E-state index contributed by atoms with van der Waals surface area (Å²) < 4.78 is 86.1. The Morgan fingerprint density at radius 1 is 0.465 bits per heavy atom. The van der Waals surface area contributed by atoms with Gasteiger partial charge in [-0.05, 0) is 68.1 Å². The van der Waals surface area contributed by atoms with E-state index in [2.05, 4.69) is 41.4 Å². The van der Waals surface area contributed by atoms with Crippen molar-refractivity contribution in [3.8, 4) is 33.7 Å². The van der Waals surface area contributed by atoms with Crippen molar-refractivity contribution in [2.24, 2.45) is 0 Å². The molecule has 7 rings (SSSR count). The van der Waals surface area contributed by atoms with Gasteiger partial charge >= 0.3 is 12.4 Å². The molecule has 0 radical (unpaired) electrons. The lowest BCUT2D eigenvalue weighted by atomic mass is 9.86. The minimum Gasteiger partial charge on any atom is -0.436 e. The molecule has 0 fully saturated rings. The van der Waals surface area contributed by atoms with Gasteiger partial charge in [-0.2, -0.15) is 26.3 Å². The Morgan fingerprint density at radius 3 is 1.37 bits per heavy atom. The van der Waals surface area contributed by atoms with Gasteiger partial charge in [0.15, 0.2) is 5.58 Å². The monoisotopic (exact) mass is 583 g/mol. The molecule has 43 heavy (non-hydrogen) atoms. The molecule has 0 aliphatic carbocycles. The summed E-state index contributed by atoms with van der Waals surface area (Å²) in [5.41, 5.74) is 0.191. The fraction of sp³-hybridized carbons (Fsp3) is 0.0571. The highest BCUT2D eigenvalue weighted by atomic mass is 19.4. The Balaban J connectivity index is 1.37. The SMILES string of the molecule is FC(F)(F)c1cc2nc(-c3ccc(-c4c5ccccc5c(-c5ccccc5)c5ccccc45)cc3)oc2cc1C(F)(F)F. The molecule has 1 aromatic heterocycles. The average Bonchev–Trinajstić information content (AvgIpc) is 3.42. The lowest BCUT2D eigenvalue weighted by molar-refractivity contribution is -0.161. The van der Waals surface area contributed by atoms with E-state index in [1.54, 1.807) is 12.1 Å². The molecule has 0 atom stereocenters. The van der Waals surface area contributed by atoms with Crippen LogP contribution in [-0.2, 0) is 12.4 Å². The molecule has 0 saturated carbocycles. The van der Waals surface area contributed by atoms with Crippen LogP contribution in [0.1, 0.15) is 11.1 Å². The first-order valence-corrected chi connectivity index (χ1v) is 13.3. The normalized spacial score (nSPS) is 12.4. The lowest BCUT2D eigenvalue weighted by Crippen LogP contribution is -2.16. The van der Waals surface area contributed by atoms with E-state index in [9.17, 15) is 26.3 Å². The van der Waals surface area contributed by atoms with Crippen LogP contribution in [0.4, 0.5) is 26.3 Å². The van der Waals surface area contributed by atoms with Crippen molar-refractivity contribution in [1.82, 2.24) is 4.98 Å². The Kier molecular flexibility index (Phi) is 6.06. The Hall–Kier alpha value is -5.11. The minimum atomic E-state index is -5.21. The van der Waals surface area contributed by atoms with Crippen molar-refractivity contribution in [2.45, 2.75) is 12.4 Å². The zero-order valence-corrected chi connectivity index (χ0v) is 22.1. The fourth-order valence-electron chi connectivity index (χ4n) is 5.70. The van der Waals surface area contributed by atoms with E-state index in [4.69, 9.17) is 4.42 Å². The highest BCUT2D eigenvalue weighted by Gasteiger charge is 2.44. The first-order valence-electron chi connectivity index (χ1n) is 13.3. The van der Waals surface area contributed by atoms with Crippen LogP contribution in [0.5, 0.6) is 0 Å². The largest absolute Gasteiger partial charge is 0.436 e. The number of fused-ring (bicyclic) bond motifs is 3. The fourth-order valence-corrected chi connectivity index (χ4v) is 5.70. The number of hydrogen-bond acceptors (Lipinski definition) is 2. The minimum absolute atomic E-state index is 0.0804. The van der Waals surface area contributed by atoms with E-state index in [1.807, 2.05) is 54.6 Å². The second-order valence-corrected chi connectivity index (χ2v) is 10.2. The Bertz CT molecular complexity index is 2040. The van der Waals surface area contributed by atoms with Crippen LogP contribution < -0.4 is 0 Å². The molecule has 8 heteroatoms. The number of oxazole rings is 1. The van der Waals surface area contributed by atoms with Gasteiger partial charge in [-0.15, -0.1) is 0 Å². The van der Waals surface area contributed by atoms with Crippen molar-refractivity contribution >= 4 is 32.6 Å². The third-order valence-corrected chi connectivity index (χ3v) is 7.55. The highest BCUT2D eigenvalue weighted by Crippen LogP contribution is 2.45. The van der Waals surface area contributed by atoms with Gasteiger partial charge in [0.2, 0.25) is 5.89 Å². The van der Waals surface area contributed by atoms with Crippen LogP contribution in [0.15, 0.2) is 120 Å². The van der Waals surface area contributed by atoms with Gasteiger partial charge in [0.05, 0.1) is 11.1 Å². The van der Waals surface area contributed by atoms with Crippen LogP contribution in [-0.4, -0.2) is 4.98 Å². The highest BCUT2D eigenvalue weighted by molar-refractivity contribution is 6.21. The zero-order valence-electron chi connectivity index (χ0n) is 22.1. The molecule has 0 spiro atoms. The number of benzene rings is 6. The van der Waals surface area contributed by atoms with Crippen molar-refractivity contribution in [3.63, 3.8) is 0 Å². The number of nitrogens with zero attached hydrogens (tertiary/aromatic N) is 1. The first-order chi connectivity index (χ1) is 20.6. The molecule has 0 N–H and O–H groups in total. The third kappa shape index (κ3) is 4.59. The Morgan fingerprint density at radius 2 is 0.884 bits per heavy atom. The van der Waals surface area contributed by atoms with Gasteiger partial charge in [-0.1, -0.05) is 91.0 Å². The second-order valence-electron chi connectivity index (χ2n) is 10.2. The maximum absolute atomic E-state index is 13.4. The predicted octanol–water partition coefficient (Wildman–Crippen LogP) is 11.2. The molecule has 2 nitrogen and oxygen atoms in total. The van der Waals surface area contributed by atoms with E-state index >= 15 is 0 Å². The molecular weight excluding hydrogens is 564 g/mol. The van der Waals surface area contributed by atoms with Gasteiger partial charge < -0.3 is 4.42 Å². The van der Waals surface area contributed by atoms with Gasteiger partial charge in [0.25, 0.3) is 0 Å². The molecule has 212 valence electrons. The number of rotatable bonds is 3. The van der Waals surface area contributed by atoms with Gasteiger partial charge in [0, 0.05) is 5.56 Å². The lowest BCUT2D eigenvalue weighted by Gasteiger charge is -2.17. The summed E-state index contributed by atoms with van der Waals surface area (Å²) in [7, 11) is 0. The van der Waals surface area contributed by atoms with E-state index < -0.39 is 23.5 Å². The first kappa shape index (κ1) is 26.8. The summed E-state index contributed by atoms with van der Waals surface area (Å²) in [6, 6.07) is 34.2. The average molecular weight is 584 g/mol. The molecule has 7 aromatic rings. The number of hydrogen-bond donors (Lipinski definition) is 0. The van der Waals surface area contributed by atoms with Crippen LogP contribution in [0.25, 0.3) is 66.4 Å². The number of aromatic nitrogens is 1. The molecule has 0 aliphatic rings. The maximum Gasteiger partial charge on any atom is 0.417 e. The molecule has 0 aliphatic heterocycles. The van der Waals surface area contributed by atoms with Gasteiger partial charge in [-0.25, -0.2) is 4.98 Å². The Labute approximate surface area is 240 Å². The summed E-state index contributed by atoms with van der Waals surface area (Å²) in [6.45, 7) is 0. The summed E-state index contributed by atoms with van der Waals surface area (Å²) in [6.07, 6.45) is -10.4. The number of halogens is 6. The van der Waals surface area contributed by atoms with Crippen molar-refractivity contribution in [1.29, 1.82) is 0 Å². The summed E-state index contributed by atoms with van der Waals surface area (Å²) in [5, 5.41) is 4.22. The second kappa shape index (κ2) is 9.73. The van der Waals surface area contributed by atoms with E-state index in [1.165, 1.54) is 0 Å². The van der Waals surface area contributed by atoms with Crippen molar-refractivity contribution in [2.75, 3.05) is 0 Å². The van der Waals surface area contributed by atoms with Crippen LogP contribution >= 0.6 is 0 Å². The van der Waals surface area contributed by atoms with Crippen LogP contribution in [0.2, 0.25) is 0 Å². The van der Waals surface area contributed by atoms with E-state index in [-0.39, 0.29) is 17.0 Å². The van der Waals surface area contributed by atoms with Crippen molar-refractivity contribution in [3.05, 3.63) is 126 Å². The molecular formula is C35H19F6NO. The maximum atomic E-state index is 13.4. The molecule has 1 heterocycles. The van der Waals surface area contributed by atoms with Gasteiger partial charge in [-0.3, -0.25) is 0 Å². The molecule has 0 bridgehead atoms. The number of alkyl halides is 6. The van der Waals surface area contributed by atoms with Crippen LogP contribution in [0, 0.1) is 0 Å². The smallest absolute Gasteiger partial charge is 0.417 e. The van der Waals surface area contributed by atoms with Crippen LogP contribution in [0.3, 0.4) is 0 Å². The molecule has 0 amide bonds. The molecule has 0 saturated heterocycles. The topological polar surface area (TPSA) is 26.0 Å². The summed E-state index contributed by atoms with van der Waals surface area (Å²) in [4.78, 5) is 4.09. The van der Waals surface area contributed by atoms with E-state index in [0.29, 0.717) is 17.7 Å². The van der Waals surface area contributed by atoms with Crippen molar-refractivity contribution < 1.29 is 30.8 Å². The quantitative estimate of drug-likeness (QED) is 0.153. The van der Waals surface area contributed by atoms with Gasteiger partial charge in [0.1, 0.15) is 5.52 Å². The predicted molar refractivity (Wildman–Crippen MR) is 155 cm³/mol. The molecule has 0 unspecified atom stereocenters. The summed E-state index contributed by atoms with van der Waals surface area (Å²) >= 11 is 0. The van der Waals surface area contributed by atoms with E-state index in [0.717, 1.165) is 43.8 Å². The molecule has 6 aromatic carbocycles. The zero-order chi connectivity index (χ0) is 29.9. The third-order valence-electron chi connectivity index (χ3n) is 7.55.